The van der Waals surface area contributed by atoms with Crippen LogP contribution in [0.5, 0.6) is 0 Å². The molecule has 0 spiro atoms. The lowest BCUT2D eigenvalue weighted by atomic mass is 10.0. The van der Waals surface area contributed by atoms with Crippen LogP contribution in [0.3, 0.4) is 0 Å². The molecule has 33 heavy (non-hydrogen) atoms. The first-order valence-electron chi connectivity index (χ1n) is 11.0. The Labute approximate surface area is 196 Å². The molecule has 0 saturated carbocycles. The molecule has 0 atom stereocenters. The maximum absolute atomic E-state index is 13.4. The minimum atomic E-state index is -0.336. The van der Waals surface area contributed by atoms with Crippen LogP contribution in [0.4, 0.5) is 9.18 Å². The summed E-state index contributed by atoms with van der Waals surface area (Å²) in [5, 5.41) is 1.30. The van der Waals surface area contributed by atoms with Crippen molar-refractivity contribution in [2.45, 2.75) is 20.3 Å². The molecule has 1 aliphatic heterocycles. The van der Waals surface area contributed by atoms with Crippen LogP contribution in [0.15, 0.2) is 42.5 Å². The zero-order chi connectivity index (χ0) is 23.5. The highest BCUT2D eigenvalue weighted by molar-refractivity contribution is 6.36. The zero-order valence-corrected chi connectivity index (χ0v) is 19.4. The summed E-state index contributed by atoms with van der Waals surface area (Å²) in [4.78, 5) is 33.2. The number of benzene rings is 2. The molecule has 0 unspecified atom stereocenters. The van der Waals surface area contributed by atoms with Gasteiger partial charge in [0.25, 0.3) is 5.91 Å². The Morgan fingerprint density at radius 3 is 2.39 bits per heavy atom. The molecule has 0 aliphatic carbocycles. The molecule has 8 heteroatoms. The molecule has 1 aliphatic rings. The average Bonchev–Trinajstić information content (AvgIpc) is 2.84. The van der Waals surface area contributed by atoms with Crippen molar-refractivity contribution >= 4 is 34.5 Å². The molecule has 3 aromatic rings. The Hall–Kier alpha value is -3.19. The van der Waals surface area contributed by atoms with Crippen LogP contribution in [-0.4, -0.2) is 59.6 Å². The van der Waals surface area contributed by atoms with Gasteiger partial charge in [0.2, 0.25) is 0 Å². The minimum Gasteiger partial charge on any atom is -0.449 e. The third kappa shape index (κ3) is 4.78. The lowest BCUT2D eigenvalue weighted by Gasteiger charge is -2.34. The summed E-state index contributed by atoms with van der Waals surface area (Å²) in [5.41, 5.74) is 3.29. The molecule has 4 rings (SSSR count). The van der Waals surface area contributed by atoms with E-state index in [-0.39, 0.29) is 17.8 Å². The summed E-state index contributed by atoms with van der Waals surface area (Å²) in [6.45, 7) is 5.93. The fourth-order valence-corrected chi connectivity index (χ4v) is 4.15. The Kier molecular flexibility index (Phi) is 6.79. The molecule has 1 aromatic heterocycles. The Bertz CT molecular complexity index is 1190. The lowest BCUT2D eigenvalue weighted by molar-refractivity contribution is 0.0560. The normalized spacial score (nSPS) is 13.9. The van der Waals surface area contributed by atoms with E-state index in [1.807, 2.05) is 13.8 Å². The summed E-state index contributed by atoms with van der Waals surface area (Å²) < 4.78 is 18.5. The number of piperazine rings is 1. The maximum atomic E-state index is 13.4. The van der Waals surface area contributed by atoms with Crippen molar-refractivity contribution < 1.29 is 18.7 Å². The number of pyridine rings is 1. The molecule has 2 aromatic carbocycles. The summed E-state index contributed by atoms with van der Waals surface area (Å²) in [5.74, 6) is -0.449. The van der Waals surface area contributed by atoms with E-state index in [1.54, 1.807) is 40.1 Å². The number of rotatable bonds is 4. The Morgan fingerprint density at radius 1 is 1.06 bits per heavy atom. The molecule has 0 radical (unpaired) electrons. The van der Waals surface area contributed by atoms with Crippen molar-refractivity contribution in [3.63, 3.8) is 0 Å². The van der Waals surface area contributed by atoms with Crippen LogP contribution in [-0.2, 0) is 4.74 Å². The van der Waals surface area contributed by atoms with Gasteiger partial charge in [0.1, 0.15) is 5.82 Å². The van der Waals surface area contributed by atoms with Gasteiger partial charge in [-0.05, 0) is 55.3 Å². The molecule has 6 nitrogen and oxygen atoms in total. The van der Waals surface area contributed by atoms with Gasteiger partial charge in [0.15, 0.2) is 0 Å². The molecule has 172 valence electrons. The summed E-state index contributed by atoms with van der Waals surface area (Å²) in [6, 6.07) is 11.4. The van der Waals surface area contributed by atoms with E-state index in [4.69, 9.17) is 21.3 Å². The predicted octanol–water partition coefficient (Wildman–Crippen LogP) is 5.31. The van der Waals surface area contributed by atoms with Gasteiger partial charge in [-0.2, -0.15) is 0 Å². The van der Waals surface area contributed by atoms with Crippen LogP contribution in [0.2, 0.25) is 5.02 Å². The Morgan fingerprint density at radius 2 is 1.73 bits per heavy atom. The molecule has 0 N–H and O–H groups in total. The van der Waals surface area contributed by atoms with Crippen LogP contribution in [0, 0.1) is 12.7 Å². The number of hydrogen-bond donors (Lipinski definition) is 0. The van der Waals surface area contributed by atoms with Crippen molar-refractivity contribution in [1.29, 1.82) is 0 Å². The van der Waals surface area contributed by atoms with E-state index in [2.05, 4.69) is 0 Å². The van der Waals surface area contributed by atoms with Gasteiger partial charge in [0.05, 0.1) is 22.8 Å². The summed E-state index contributed by atoms with van der Waals surface area (Å²) in [7, 11) is 0. The largest absolute Gasteiger partial charge is 0.449 e. The number of amides is 2. The number of carbonyl (C=O) groups is 2. The van der Waals surface area contributed by atoms with E-state index >= 15 is 0 Å². The number of aromatic nitrogens is 1. The topological polar surface area (TPSA) is 62.7 Å². The Balaban J connectivity index is 1.56. The van der Waals surface area contributed by atoms with Gasteiger partial charge in [-0.25, -0.2) is 14.2 Å². The van der Waals surface area contributed by atoms with E-state index in [0.717, 1.165) is 22.9 Å². The first kappa shape index (κ1) is 23.0. The second-order valence-electron chi connectivity index (χ2n) is 8.03. The van der Waals surface area contributed by atoms with Gasteiger partial charge in [-0.3, -0.25) is 4.79 Å². The monoisotopic (exact) mass is 469 g/mol. The van der Waals surface area contributed by atoms with E-state index in [0.29, 0.717) is 54.6 Å². The number of fused-ring (bicyclic) bond motifs is 1. The van der Waals surface area contributed by atoms with Gasteiger partial charge < -0.3 is 14.5 Å². The smallest absolute Gasteiger partial charge is 0.409 e. The van der Waals surface area contributed by atoms with Crippen molar-refractivity contribution in [3.8, 4) is 11.3 Å². The highest BCUT2D eigenvalue weighted by Gasteiger charge is 2.26. The van der Waals surface area contributed by atoms with Gasteiger partial charge in [-0.15, -0.1) is 0 Å². The first-order valence-corrected chi connectivity index (χ1v) is 11.3. The van der Waals surface area contributed by atoms with Crippen molar-refractivity contribution in [3.05, 3.63) is 64.4 Å². The molecule has 2 heterocycles. The first-order chi connectivity index (χ1) is 15.9. The lowest BCUT2D eigenvalue weighted by Crippen LogP contribution is -2.50. The van der Waals surface area contributed by atoms with E-state index in [9.17, 15) is 14.0 Å². The zero-order valence-electron chi connectivity index (χ0n) is 18.6. The number of hydrogen-bond acceptors (Lipinski definition) is 4. The highest BCUT2D eigenvalue weighted by atomic mass is 35.5. The second-order valence-corrected chi connectivity index (χ2v) is 8.41. The second kappa shape index (κ2) is 9.75. The SMILES string of the molecule is CCCOC(=O)N1CCN(C(=O)c2ccc3c(Cl)c(C)c(-c4ccc(F)cc4)nc3c2)CC1. The number of ether oxygens (including phenoxy) is 1. The van der Waals surface area contributed by atoms with Crippen LogP contribution in [0.1, 0.15) is 29.3 Å². The van der Waals surface area contributed by atoms with Crippen molar-refractivity contribution in [2.24, 2.45) is 0 Å². The van der Waals surface area contributed by atoms with Crippen LogP contribution >= 0.6 is 11.6 Å². The van der Waals surface area contributed by atoms with Crippen molar-refractivity contribution in [2.75, 3.05) is 32.8 Å². The number of nitrogens with zero attached hydrogens (tertiary/aromatic N) is 3. The fraction of sp³-hybridized carbons (Fsp3) is 0.320. The van der Waals surface area contributed by atoms with Crippen molar-refractivity contribution in [1.82, 2.24) is 14.8 Å². The van der Waals surface area contributed by atoms with Crippen LogP contribution in [0.25, 0.3) is 22.2 Å². The quantitative estimate of drug-likeness (QED) is 0.519. The average molecular weight is 470 g/mol. The molecule has 0 bridgehead atoms. The molecular formula is C25H25ClFN3O3. The van der Waals surface area contributed by atoms with Crippen LogP contribution < -0.4 is 0 Å². The highest BCUT2D eigenvalue weighted by Crippen LogP contribution is 2.33. The molecule has 2 amide bonds. The third-order valence-corrected chi connectivity index (χ3v) is 6.26. The van der Waals surface area contributed by atoms with Gasteiger partial charge in [-0.1, -0.05) is 24.6 Å². The molecule has 1 fully saturated rings. The fourth-order valence-electron chi connectivity index (χ4n) is 3.90. The number of carbonyl (C=O) groups excluding carboxylic acids is 2. The summed E-state index contributed by atoms with van der Waals surface area (Å²) >= 11 is 6.62. The molecule has 1 saturated heterocycles. The number of halogens is 2. The van der Waals surface area contributed by atoms with Gasteiger partial charge >= 0.3 is 6.09 Å². The van der Waals surface area contributed by atoms with E-state index in [1.165, 1.54) is 12.1 Å². The van der Waals surface area contributed by atoms with Gasteiger partial charge in [0, 0.05) is 42.7 Å². The predicted molar refractivity (Wildman–Crippen MR) is 126 cm³/mol. The van der Waals surface area contributed by atoms with E-state index < -0.39 is 0 Å². The standard InChI is InChI=1S/C25H25ClFN3O3/c1-3-14-33-25(32)30-12-10-29(11-13-30)24(31)18-6-9-20-21(15-18)28-23(16(2)22(20)26)17-4-7-19(27)8-5-17/h4-9,15H,3,10-14H2,1-2H3. The maximum Gasteiger partial charge on any atom is 0.409 e. The minimum absolute atomic E-state index is 0.125. The molecular weight excluding hydrogens is 445 g/mol. The summed E-state index contributed by atoms with van der Waals surface area (Å²) in [6.07, 6.45) is 0.435. The third-order valence-electron chi connectivity index (χ3n) is 5.77.